The highest BCUT2D eigenvalue weighted by molar-refractivity contribution is 7.99. The highest BCUT2D eigenvalue weighted by Crippen LogP contribution is 2.28. The summed E-state index contributed by atoms with van der Waals surface area (Å²) in [6.45, 7) is 0. The summed E-state index contributed by atoms with van der Waals surface area (Å²) in [5.74, 6) is -1.51. The SMILES string of the molecule is O=C(O)CSc1nccc(C(F)(F)F)n1. The number of rotatable bonds is 3. The number of thioether (sulfide) groups is 1. The predicted molar refractivity (Wildman–Crippen MR) is 45.4 cm³/mol. The first kappa shape index (κ1) is 11.8. The van der Waals surface area contributed by atoms with E-state index in [0.29, 0.717) is 11.8 Å². The van der Waals surface area contributed by atoms with Crippen LogP contribution in [-0.2, 0) is 11.0 Å². The smallest absolute Gasteiger partial charge is 0.433 e. The van der Waals surface area contributed by atoms with Gasteiger partial charge in [0.05, 0.1) is 5.75 Å². The second-order valence-corrected chi connectivity index (χ2v) is 3.35. The van der Waals surface area contributed by atoms with Crippen molar-refractivity contribution in [1.29, 1.82) is 0 Å². The molecule has 0 aromatic carbocycles. The van der Waals surface area contributed by atoms with Crippen molar-refractivity contribution in [2.24, 2.45) is 0 Å². The number of hydrogen-bond donors (Lipinski definition) is 1. The molecule has 1 aromatic heterocycles. The molecule has 15 heavy (non-hydrogen) atoms. The number of aromatic nitrogens is 2. The molecule has 0 atom stereocenters. The minimum absolute atomic E-state index is 0.202. The third-order valence-corrected chi connectivity index (χ3v) is 2.09. The van der Waals surface area contributed by atoms with Crippen LogP contribution in [0.1, 0.15) is 5.69 Å². The maximum Gasteiger partial charge on any atom is 0.433 e. The fraction of sp³-hybridized carbons (Fsp3) is 0.286. The Bertz CT molecular complexity index is 369. The van der Waals surface area contributed by atoms with E-state index in [-0.39, 0.29) is 10.9 Å². The van der Waals surface area contributed by atoms with Crippen LogP contribution >= 0.6 is 11.8 Å². The fourth-order valence-corrected chi connectivity index (χ4v) is 1.25. The summed E-state index contributed by atoms with van der Waals surface area (Å²) in [5, 5.41) is 8.10. The Hall–Kier alpha value is -1.31. The van der Waals surface area contributed by atoms with Crippen LogP contribution in [0.2, 0.25) is 0 Å². The Morgan fingerprint density at radius 1 is 1.53 bits per heavy atom. The van der Waals surface area contributed by atoms with E-state index in [1.54, 1.807) is 0 Å². The number of aliphatic carboxylic acids is 1. The maximum atomic E-state index is 12.2. The van der Waals surface area contributed by atoms with Crippen molar-refractivity contribution in [3.05, 3.63) is 18.0 Å². The Morgan fingerprint density at radius 3 is 2.73 bits per heavy atom. The van der Waals surface area contributed by atoms with Crippen LogP contribution in [0.4, 0.5) is 13.2 Å². The van der Waals surface area contributed by atoms with Crippen LogP contribution in [0, 0.1) is 0 Å². The van der Waals surface area contributed by atoms with E-state index in [0.717, 1.165) is 12.3 Å². The van der Waals surface area contributed by atoms with Crippen LogP contribution in [0.3, 0.4) is 0 Å². The molecule has 0 radical (unpaired) electrons. The summed E-state index contributed by atoms with van der Waals surface area (Å²) in [5.41, 5.74) is -1.08. The fourth-order valence-electron chi connectivity index (χ4n) is 0.695. The summed E-state index contributed by atoms with van der Waals surface area (Å²) in [6, 6.07) is 0.727. The van der Waals surface area contributed by atoms with Crippen molar-refractivity contribution < 1.29 is 23.1 Å². The molecule has 1 heterocycles. The summed E-state index contributed by atoms with van der Waals surface area (Å²) in [4.78, 5) is 16.8. The van der Waals surface area contributed by atoms with Crippen LogP contribution in [0.25, 0.3) is 0 Å². The lowest BCUT2D eigenvalue weighted by Crippen LogP contribution is -2.09. The molecule has 0 saturated carbocycles. The molecular weight excluding hydrogens is 233 g/mol. The number of alkyl halides is 3. The number of carboxylic acids is 1. The highest BCUT2D eigenvalue weighted by atomic mass is 32.2. The van der Waals surface area contributed by atoms with Crippen molar-refractivity contribution in [2.45, 2.75) is 11.3 Å². The summed E-state index contributed by atoms with van der Waals surface area (Å²) in [7, 11) is 0. The topological polar surface area (TPSA) is 63.1 Å². The average Bonchev–Trinajstić information content (AvgIpc) is 2.14. The predicted octanol–water partition coefficient (Wildman–Crippen LogP) is 1.67. The Balaban J connectivity index is 2.79. The molecule has 1 N–H and O–H groups in total. The summed E-state index contributed by atoms with van der Waals surface area (Å²) in [6.07, 6.45) is -3.60. The number of hydrogen-bond acceptors (Lipinski definition) is 4. The molecular formula is C7H5F3N2O2S. The Morgan fingerprint density at radius 2 is 2.20 bits per heavy atom. The largest absolute Gasteiger partial charge is 0.481 e. The molecule has 0 aliphatic carbocycles. The van der Waals surface area contributed by atoms with Gasteiger partial charge in [-0.3, -0.25) is 4.79 Å². The van der Waals surface area contributed by atoms with Gasteiger partial charge in [0.15, 0.2) is 5.16 Å². The molecule has 0 spiro atoms. The van der Waals surface area contributed by atoms with Crippen molar-refractivity contribution >= 4 is 17.7 Å². The lowest BCUT2D eigenvalue weighted by Gasteiger charge is -2.05. The first-order valence-corrected chi connectivity index (χ1v) is 4.63. The van der Waals surface area contributed by atoms with Gasteiger partial charge in [-0.25, -0.2) is 9.97 Å². The molecule has 1 aromatic rings. The van der Waals surface area contributed by atoms with Gasteiger partial charge in [0.1, 0.15) is 5.69 Å². The van der Waals surface area contributed by atoms with Crippen LogP contribution < -0.4 is 0 Å². The lowest BCUT2D eigenvalue weighted by molar-refractivity contribution is -0.141. The molecule has 1 rings (SSSR count). The first-order chi connectivity index (χ1) is 6.89. The van der Waals surface area contributed by atoms with Gasteiger partial charge in [-0.2, -0.15) is 13.2 Å². The molecule has 0 unspecified atom stereocenters. The molecule has 4 nitrogen and oxygen atoms in total. The van der Waals surface area contributed by atoms with E-state index in [9.17, 15) is 18.0 Å². The maximum absolute atomic E-state index is 12.2. The van der Waals surface area contributed by atoms with E-state index in [1.807, 2.05) is 0 Å². The molecule has 8 heteroatoms. The summed E-state index contributed by atoms with van der Waals surface area (Å²) < 4.78 is 36.5. The zero-order chi connectivity index (χ0) is 11.5. The van der Waals surface area contributed by atoms with Crippen LogP contribution in [0.5, 0.6) is 0 Å². The monoisotopic (exact) mass is 238 g/mol. The number of carboxylic acid groups (broad SMARTS) is 1. The Kier molecular flexibility index (Phi) is 3.51. The standard InChI is InChI=1S/C7H5F3N2O2S/c8-7(9,10)4-1-2-11-6(12-4)15-3-5(13)14/h1-2H,3H2,(H,13,14). The normalized spacial score (nSPS) is 11.4. The Labute approximate surface area is 86.5 Å². The minimum atomic E-state index is -4.54. The van der Waals surface area contributed by atoms with E-state index >= 15 is 0 Å². The zero-order valence-electron chi connectivity index (χ0n) is 7.15. The molecule has 0 saturated heterocycles. The molecule has 0 amide bonds. The van der Waals surface area contributed by atoms with Crippen molar-refractivity contribution in [3.8, 4) is 0 Å². The second kappa shape index (κ2) is 4.47. The van der Waals surface area contributed by atoms with Crippen molar-refractivity contribution in [2.75, 3.05) is 5.75 Å². The molecule has 0 aliphatic rings. The first-order valence-electron chi connectivity index (χ1n) is 3.64. The third kappa shape index (κ3) is 3.74. The van der Waals surface area contributed by atoms with Crippen molar-refractivity contribution in [1.82, 2.24) is 9.97 Å². The van der Waals surface area contributed by atoms with E-state index < -0.39 is 17.8 Å². The number of halogens is 3. The molecule has 82 valence electrons. The number of carbonyl (C=O) groups is 1. The highest BCUT2D eigenvalue weighted by Gasteiger charge is 2.32. The molecule has 0 aliphatic heterocycles. The molecule has 0 bridgehead atoms. The van der Waals surface area contributed by atoms with E-state index in [2.05, 4.69) is 9.97 Å². The van der Waals surface area contributed by atoms with E-state index in [1.165, 1.54) is 0 Å². The zero-order valence-corrected chi connectivity index (χ0v) is 7.97. The van der Waals surface area contributed by atoms with Gasteiger partial charge in [0.2, 0.25) is 0 Å². The lowest BCUT2D eigenvalue weighted by atomic mass is 10.4. The van der Waals surface area contributed by atoms with E-state index in [4.69, 9.17) is 5.11 Å². The third-order valence-electron chi connectivity index (χ3n) is 1.25. The van der Waals surface area contributed by atoms with Gasteiger partial charge in [0, 0.05) is 6.20 Å². The van der Waals surface area contributed by atoms with Crippen LogP contribution in [0.15, 0.2) is 17.4 Å². The minimum Gasteiger partial charge on any atom is -0.481 e. The quantitative estimate of drug-likeness (QED) is 0.641. The summed E-state index contributed by atoms with van der Waals surface area (Å²) >= 11 is 0.637. The number of nitrogens with zero attached hydrogens (tertiary/aromatic N) is 2. The van der Waals surface area contributed by atoms with Crippen molar-refractivity contribution in [3.63, 3.8) is 0 Å². The van der Waals surface area contributed by atoms with Crippen LogP contribution in [-0.4, -0.2) is 26.8 Å². The van der Waals surface area contributed by atoms with Gasteiger partial charge < -0.3 is 5.11 Å². The van der Waals surface area contributed by atoms with Gasteiger partial charge in [-0.05, 0) is 6.07 Å². The second-order valence-electron chi connectivity index (χ2n) is 2.40. The average molecular weight is 238 g/mol. The molecule has 0 fully saturated rings. The van der Waals surface area contributed by atoms with Gasteiger partial charge in [0.25, 0.3) is 0 Å². The van der Waals surface area contributed by atoms with Gasteiger partial charge >= 0.3 is 12.1 Å². The van der Waals surface area contributed by atoms with Gasteiger partial charge in [-0.15, -0.1) is 0 Å². The van der Waals surface area contributed by atoms with Gasteiger partial charge in [-0.1, -0.05) is 11.8 Å².